The van der Waals surface area contributed by atoms with Gasteiger partial charge in [-0.1, -0.05) is 0 Å². The van der Waals surface area contributed by atoms with Crippen LogP contribution in [0, 0.1) is 10.1 Å². The summed E-state index contributed by atoms with van der Waals surface area (Å²) in [5, 5.41) is 10.3. The summed E-state index contributed by atoms with van der Waals surface area (Å²) in [6.45, 7) is 0. The van der Waals surface area contributed by atoms with Crippen LogP contribution in [0.5, 0.6) is 11.5 Å². The Bertz CT molecular complexity index is 350. The number of thiol groups is 1. The van der Waals surface area contributed by atoms with E-state index < -0.39 is 4.92 Å². The van der Waals surface area contributed by atoms with Crippen LogP contribution in [-0.2, 0) is 0 Å². The smallest absolute Gasteiger partial charge is 0.286 e. The van der Waals surface area contributed by atoms with Crippen LogP contribution in [0.15, 0.2) is 17.0 Å². The van der Waals surface area contributed by atoms with Crippen molar-refractivity contribution in [2.75, 3.05) is 0 Å². The van der Waals surface area contributed by atoms with E-state index in [1.165, 1.54) is 6.07 Å². The highest BCUT2D eigenvalue weighted by atomic mass is 32.1. The van der Waals surface area contributed by atoms with E-state index in [-0.39, 0.29) is 5.69 Å². The third kappa shape index (κ3) is 0.848. The van der Waals surface area contributed by atoms with Gasteiger partial charge in [-0.3, -0.25) is 10.1 Å². The number of nitro benzene ring substituents is 1. The lowest BCUT2D eigenvalue weighted by atomic mass is 10.3. The van der Waals surface area contributed by atoms with E-state index in [0.29, 0.717) is 16.4 Å². The average molecular weight is 169 g/mol. The zero-order valence-electron chi connectivity index (χ0n) is 5.27. The molecule has 0 N–H and O–H groups in total. The molecule has 0 radical (unpaired) electrons. The van der Waals surface area contributed by atoms with Gasteiger partial charge in [0.25, 0.3) is 5.69 Å². The van der Waals surface area contributed by atoms with Gasteiger partial charge in [0.15, 0.2) is 11.5 Å². The minimum atomic E-state index is -0.482. The molecular formula is C6H3NO3S. The van der Waals surface area contributed by atoms with Crippen LogP contribution >= 0.6 is 12.6 Å². The fourth-order valence-electron chi connectivity index (χ4n) is 0.856. The number of benzene rings is 1. The second kappa shape index (κ2) is 1.88. The van der Waals surface area contributed by atoms with Gasteiger partial charge in [-0.2, -0.15) is 0 Å². The molecule has 0 spiro atoms. The van der Waals surface area contributed by atoms with Crippen molar-refractivity contribution in [2.24, 2.45) is 0 Å². The minimum absolute atomic E-state index is 0.00965. The SMILES string of the molecule is O=[N+]([O-])c1ccc2c(c1S)O2. The number of hydrogen-bond donors (Lipinski definition) is 1. The highest BCUT2D eigenvalue weighted by Crippen LogP contribution is 2.52. The first-order valence-electron chi connectivity index (χ1n) is 2.88. The van der Waals surface area contributed by atoms with E-state index in [1.807, 2.05) is 0 Å². The fraction of sp³-hybridized carbons (Fsp3) is 0. The molecule has 0 bridgehead atoms. The van der Waals surface area contributed by atoms with Gasteiger partial charge in [0, 0.05) is 6.07 Å². The van der Waals surface area contributed by atoms with Crippen molar-refractivity contribution in [3.8, 4) is 11.5 Å². The van der Waals surface area contributed by atoms with Gasteiger partial charge in [0.1, 0.15) is 4.90 Å². The Morgan fingerprint density at radius 2 is 2.27 bits per heavy atom. The Morgan fingerprint density at radius 1 is 1.55 bits per heavy atom. The maximum atomic E-state index is 10.3. The molecule has 0 aliphatic carbocycles. The number of nitro groups is 1. The summed E-state index contributed by atoms with van der Waals surface area (Å²) in [4.78, 5) is 10.1. The van der Waals surface area contributed by atoms with Crippen LogP contribution < -0.4 is 4.74 Å². The molecule has 2 rings (SSSR count). The second-order valence-electron chi connectivity index (χ2n) is 2.12. The van der Waals surface area contributed by atoms with Crippen molar-refractivity contribution < 1.29 is 9.66 Å². The monoisotopic (exact) mass is 169 g/mol. The van der Waals surface area contributed by atoms with Crippen LogP contribution in [0.1, 0.15) is 0 Å². The summed E-state index contributed by atoms with van der Waals surface area (Å²) >= 11 is 3.94. The molecule has 0 aromatic heterocycles. The largest absolute Gasteiger partial charge is 0.448 e. The number of nitrogens with zero attached hydrogens (tertiary/aromatic N) is 1. The molecular weight excluding hydrogens is 166 g/mol. The highest BCUT2D eigenvalue weighted by molar-refractivity contribution is 7.80. The summed E-state index contributed by atoms with van der Waals surface area (Å²) in [5.41, 5.74) is -0.00965. The Balaban J connectivity index is 2.59. The lowest BCUT2D eigenvalue weighted by molar-refractivity contribution is -0.387. The molecule has 1 aromatic rings. The fourth-order valence-corrected chi connectivity index (χ4v) is 1.17. The molecule has 0 amide bonds. The third-order valence-corrected chi connectivity index (χ3v) is 1.87. The summed E-state index contributed by atoms with van der Waals surface area (Å²) in [7, 11) is 0. The normalized spacial score (nSPS) is 11.7. The standard InChI is InChI=1S/C6H3NO3S/c8-7(9)3-1-2-4-5(10-4)6(3)11/h1-2,11H. The van der Waals surface area contributed by atoms with Crippen LogP contribution in [0.4, 0.5) is 5.69 Å². The Hall–Kier alpha value is -1.23. The molecule has 0 fully saturated rings. The van der Waals surface area contributed by atoms with Crippen LogP contribution in [0.3, 0.4) is 0 Å². The molecule has 56 valence electrons. The summed E-state index contributed by atoms with van der Waals surface area (Å²) in [6.07, 6.45) is 0. The first-order chi connectivity index (χ1) is 5.20. The van der Waals surface area contributed by atoms with Crippen molar-refractivity contribution >= 4 is 18.3 Å². The molecule has 0 saturated carbocycles. The second-order valence-corrected chi connectivity index (χ2v) is 2.57. The van der Waals surface area contributed by atoms with Crippen molar-refractivity contribution in [1.82, 2.24) is 0 Å². The maximum Gasteiger partial charge on any atom is 0.286 e. The third-order valence-electron chi connectivity index (χ3n) is 1.44. The van der Waals surface area contributed by atoms with E-state index in [0.717, 1.165) is 0 Å². The molecule has 1 aliphatic heterocycles. The molecule has 0 atom stereocenters. The zero-order valence-corrected chi connectivity index (χ0v) is 6.17. The lowest BCUT2D eigenvalue weighted by Crippen LogP contribution is -1.86. The van der Waals surface area contributed by atoms with E-state index in [4.69, 9.17) is 4.74 Å². The predicted molar refractivity (Wildman–Crippen MR) is 40.4 cm³/mol. The van der Waals surface area contributed by atoms with Gasteiger partial charge in [-0.25, -0.2) is 0 Å². The van der Waals surface area contributed by atoms with Crippen LogP contribution in [0.25, 0.3) is 0 Å². The lowest BCUT2D eigenvalue weighted by Gasteiger charge is -1.88. The first-order valence-corrected chi connectivity index (χ1v) is 3.33. The van der Waals surface area contributed by atoms with Crippen LogP contribution in [0.2, 0.25) is 0 Å². The Kier molecular flexibility index (Phi) is 1.11. The maximum absolute atomic E-state index is 10.3. The molecule has 1 aliphatic rings. The van der Waals surface area contributed by atoms with Gasteiger partial charge in [0.2, 0.25) is 0 Å². The van der Waals surface area contributed by atoms with Gasteiger partial charge in [0.05, 0.1) is 4.92 Å². The van der Waals surface area contributed by atoms with Crippen molar-refractivity contribution in [3.05, 3.63) is 22.2 Å². The van der Waals surface area contributed by atoms with Gasteiger partial charge < -0.3 is 4.74 Å². The quantitative estimate of drug-likeness (QED) is 0.307. The molecule has 11 heavy (non-hydrogen) atoms. The van der Waals surface area contributed by atoms with Gasteiger partial charge >= 0.3 is 0 Å². The van der Waals surface area contributed by atoms with E-state index in [1.54, 1.807) is 6.07 Å². The average Bonchev–Trinajstić information content (AvgIpc) is 2.66. The molecule has 0 saturated heterocycles. The first kappa shape index (κ1) is 6.48. The van der Waals surface area contributed by atoms with Gasteiger partial charge in [-0.05, 0) is 6.07 Å². The minimum Gasteiger partial charge on any atom is -0.448 e. The molecule has 0 unspecified atom stereocenters. The zero-order chi connectivity index (χ0) is 8.01. The molecule has 1 aromatic carbocycles. The number of fused-ring (bicyclic) bond motifs is 1. The Morgan fingerprint density at radius 3 is 2.91 bits per heavy atom. The van der Waals surface area contributed by atoms with Crippen molar-refractivity contribution in [1.29, 1.82) is 0 Å². The number of hydrogen-bond acceptors (Lipinski definition) is 4. The number of rotatable bonds is 1. The summed E-state index contributed by atoms with van der Waals surface area (Å²) < 4.78 is 4.88. The van der Waals surface area contributed by atoms with Crippen molar-refractivity contribution in [2.45, 2.75) is 4.90 Å². The predicted octanol–water partition coefficient (Wildman–Crippen LogP) is 1.99. The van der Waals surface area contributed by atoms with E-state index in [9.17, 15) is 10.1 Å². The van der Waals surface area contributed by atoms with Gasteiger partial charge in [-0.15, -0.1) is 12.6 Å². The molecule has 1 heterocycles. The topological polar surface area (TPSA) is 55.7 Å². The Labute approximate surface area is 67.3 Å². The highest BCUT2D eigenvalue weighted by Gasteiger charge is 2.29. The molecule has 4 nitrogen and oxygen atoms in total. The van der Waals surface area contributed by atoms with Crippen molar-refractivity contribution in [3.63, 3.8) is 0 Å². The summed E-state index contributed by atoms with van der Waals surface area (Å²) in [6, 6.07) is 2.95. The van der Waals surface area contributed by atoms with E-state index in [2.05, 4.69) is 12.6 Å². The van der Waals surface area contributed by atoms with Crippen LogP contribution in [-0.4, -0.2) is 4.92 Å². The summed E-state index contributed by atoms with van der Waals surface area (Å²) in [5.74, 6) is 1.21. The molecule has 5 heteroatoms. The van der Waals surface area contributed by atoms with E-state index >= 15 is 0 Å². The number of ether oxygens (including phenoxy) is 1.